The molecule has 1 unspecified atom stereocenters. The van der Waals surface area contributed by atoms with E-state index in [1.165, 1.54) is 11.8 Å². The van der Waals surface area contributed by atoms with E-state index in [2.05, 4.69) is 26.1 Å². The number of carbonyl (C=O) groups excluding carboxylic acids is 3. The van der Waals surface area contributed by atoms with Crippen LogP contribution in [0.4, 0.5) is 10.5 Å². The second kappa shape index (κ2) is 9.86. The van der Waals surface area contributed by atoms with Gasteiger partial charge in [0.05, 0.1) is 5.75 Å². The minimum absolute atomic E-state index is 0.152. The fraction of sp³-hybridized carbons (Fsp3) is 0.261. The lowest BCUT2D eigenvalue weighted by molar-refractivity contribution is -0.121. The molecule has 0 bridgehead atoms. The largest absolute Gasteiger partial charge is 0.334 e. The zero-order chi connectivity index (χ0) is 23.4. The highest BCUT2D eigenvalue weighted by molar-refractivity contribution is 7.99. The maximum atomic E-state index is 12.5. The molecule has 1 aliphatic rings. The van der Waals surface area contributed by atoms with E-state index in [9.17, 15) is 14.4 Å². The average Bonchev–Trinajstić information content (AvgIpc) is 3.15. The van der Waals surface area contributed by atoms with E-state index >= 15 is 0 Å². The van der Waals surface area contributed by atoms with Crippen LogP contribution in [0.2, 0.25) is 0 Å². The summed E-state index contributed by atoms with van der Waals surface area (Å²) in [5.41, 5.74) is 3.76. The minimum Gasteiger partial charge on any atom is -0.334 e. The van der Waals surface area contributed by atoms with Gasteiger partial charge in [0.2, 0.25) is 11.8 Å². The van der Waals surface area contributed by atoms with Gasteiger partial charge in [0, 0.05) is 30.3 Å². The van der Waals surface area contributed by atoms with Crippen molar-refractivity contribution in [1.82, 2.24) is 25.4 Å². The van der Waals surface area contributed by atoms with E-state index in [-0.39, 0.29) is 30.0 Å². The molecule has 1 atom stereocenters. The number of hydrogen-bond acceptors (Lipinski definition) is 6. The van der Waals surface area contributed by atoms with Crippen LogP contribution in [0.3, 0.4) is 0 Å². The van der Waals surface area contributed by atoms with Gasteiger partial charge in [0.15, 0.2) is 5.16 Å². The molecule has 1 fully saturated rings. The Morgan fingerprint density at radius 1 is 1.12 bits per heavy atom. The van der Waals surface area contributed by atoms with E-state index in [0.717, 1.165) is 22.5 Å². The maximum absolute atomic E-state index is 12.5. The van der Waals surface area contributed by atoms with E-state index in [1.807, 2.05) is 66.9 Å². The number of nitrogens with zero attached hydrogens (tertiary/aromatic N) is 3. The lowest BCUT2D eigenvalue weighted by Crippen LogP contribution is -2.53. The molecule has 0 spiro atoms. The number of aryl methyl sites for hydroxylation is 2. The molecule has 2 aromatic carbocycles. The molecule has 4 rings (SSSR count). The third-order valence-corrected chi connectivity index (χ3v) is 6.01. The summed E-state index contributed by atoms with van der Waals surface area (Å²) in [5.74, 6) is 0.274. The molecule has 10 heteroatoms. The molecule has 1 saturated heterocycles. The number of carbonyl (C=O) groups is 3. The number of rotatable bonds is 7. The van der Waals surface area contributed by atoms with Crippen molar-refractivity contribution in [2.45, 2.75) is 37.9 Å². The third-order valence-electron chi connectivity index (χ3n) is 5.08. The molecule has 33 heavy (non-hydrogen) atoms. The Morgan fingerprint density at radius 2 is 1.91 bits per heavy atom. The van der Waals surface area contributed by atoms with Crippen LogP contribution in [-0.2, 0) is 16.0 Å². The van der Waals surface area contributed by atoms with Gasteiger partial charge in [-0.05, 0) is 43.7 Å². The summed E-state index contributed by atoms with van der Waals surface area (Å²) in [4.78, 5) is 35.9. The van der Waals surface area contributed by atoms with Gasteiger partial charge in [-0.15, -0.1) is 10.2 Å². The monoisotopic (exact) mass is 464 g/mol. The van der Waals surface area contributed by atoms with Gasteiger partial charge in [0.1, 0.15) is 5.82 Å². The molecule has 4 amide bonds. The van der Waals surface area contributed by atoms with Crippen LogP contribution in [-0.4, -0.2) is 44.4 Å². The summed E-state index contributed by atoms with van der Waals surface area (Å²) in [7, 11) is 0. The van der Waals surface area contributed by atoms with Crippen LogP contribution in [0.25, 0.3) is 5.69 Å². The number of amides is 4. The summed E-state index contributed by atoms with van der Waals surface area (Å²) in [5, 5.41) is 17.0. The van der Waals surface area contributed by atoms with E-state index < -0.39 is 6.03 Å². The van der Waals surface area contributed by atoms with E-state index in [4.69, 9.17) is 0 Å². The van der Waals surface area contributed by atoms with Crippen molar-refractivity contribution in [1.29, 1.82) is 0 Å². The van der Waals surface area contributed by atoms with Gasteiger partial charge in [-0.3, -0.25) is 19.5 Å². The molecule has 3 aromatic rings. The molecule has 3 N–H and O–H groups in total. The number of imide groups is 1. The molecule has 2 heterocycles. The molecule has 1 aromatic heterocycles. The number of thioether (sulfide) groups is 1. The van der Waals surface area contributed by atoms with Crippen molar-refractivity contribution in [3.63, 3.8) is 0 Å². The number of anilines is 1. The van der Waals surface area contributed by atoms with Crippen LogP contribution in [0, 0.1) is 13.8 Å². The molecular weight excluding hydrogens is 440 g/mol. The Labute approximate surface area is 195 Å². The van der Waals surface area contributed by atoms with Gasteiger partial charge in [-0.1, -0.05) is 41.6 Å². The van der Waals surface area contributed by atoms with Crippen LogP contribution in [0.1, 0.15) is 23.4 Å². The fourth-order valence-electron chi connectivity index (χ4n) is 3.53. The predicted molar refractivity (Wildman–Crippen MR) is 125 cm³/mol. The molecule has 170 valence electrons. The van der Waals surface area contributed by atoms with Crippen molar-refractivity contribution in [2.75, 3.05) is 11.1 Å². The summed E-state index contributed by atoms with van der Waals surface area (Å²) >= 11 is 1.27. The molecular formula is C23H24N6O3S. The molecule has 0 saturated carbocycles. The second-order valence-electron chi connectivity index (χ2n) is 7.90. The normalized spacial score (nSPS) is 15.6. The first-order valence-corrected chi connectivity index (χ1v) is 11.5. The van der Waals surface area contributed by atoms with Gasteiger partial charge >= 0.3 is 6.03 Å². The van der Waals surface area contributed by atoms with Gasteiger partial charge < -0.3 is 10.6 Å². The van der Waals surface area contributed by atoms with Crippen LogP contribution in [0.5, 0.6) is 0 Å². The number of benzene rings is 2. The average molecular weight is 465 g/mol. The SMILES string of the molecule is Cc1ccc(NC(=O)CSc2nnc(CC3CC(=O)NC(=O)N3)n2-c2cccc(C)c2)cc1. The molecule has 0 aliphatic carbocycles. The second-order valence-corrected chi connectivity index (χ2v) is 8.85. The first kappa shape index (κ1) is 22.5. The van der Waals surface area contributed by atoms with Gasteiger partial charge in [-0.2, -0.15) is 0 Å². The zero-order valence-corrected chi connectivity index (χ0v) is 19.1. The molecule has 9 nitrogen and oxygen atoms in total. The van der Waals surface area contributed by atoms with Crippen molar-refractivity contribution >= 4 is 35.3 Å². The number of urea groups is 1. The summed E-state index contributed by atoms with van der Waals surface area (Å²) < 4.78 is 1.87. The van der Waals surface area contributed by atoms with Gasteiger partial charge in [0.25, 0.3) is 0 Å². The van der Waals surface area contributed by atoms with Crippen molar-refractivity contribution in [3.8, 4) is 5.69 Å². The number of aromatic nitrogens is 3. The fourth-order valence-corrected chi connectivity index (χ4v) is 4.30. The Hall–Kier alpha value is -3.66. The predicted octanol–water partition coefficient (Wildman–Crippen LogP) is 2.76. The molecule has 1 aliphatic heterocycles. The van der Waals surface area contributed by atoms with E-state index in [1.54, 1.807) is 0 Å². The topological polar surface area (TPSA) is 118 Å². The molecule has 0 radical (unpaired) electrons. The highest BCUT2D eigenvalue weighted by Crippen LogP contribution is 2.24. The zero-order valence-electron chi connectivity index (χ0n) is 18.3. The highest BCUT2D eigenvalue weighted by atomic mass is 32.2. The van der Waals surface area contributed by atoms with Crippen molar-refractivity contribution < 1.29 is 14.4 Å². The Morgan fingerprint density at radius 3 is 2.64 bits per heavy atom. The van der Waals surface area contributed by atoms with Crippen LogP contribution < -0.4 is 16.0 Å². The Kier molecular flexibility index (Phi) is 6.74. The van der Waals surface area contributed by atoms with Crippen LogP contribution >= 0.6 is 11.8 Å². The summed E-state index contributed by atoms with van der Waals surface area (Å²) in [6.45, 7) is 3.98. The number of nitrogens with one attached hydrogen (secondary N) is 3. The summed E-state index contributed by atoms with van der Waals surface area (Å²) in [6.07, 6.45) is 0.490. The minimum atomic E-state index is -0.514. The maximum Gasteiger partial charge on any atom is 0.321 e. The standard InChI is InChI=1S/C23H24N6O3S/c1-14-6-8-16(9-7-14)24-21(31)13-33-23-28-27-19(11-17-12-20(30)26-22(32)25-17)29(23)18-5-3-4-15(2)10-18/h3-10,17H,11-13H2,1-2H3,(H,24,31)(H2,25,26,30,32). The smallest absolute Gasteiger partial charge is 0.321 e. The quantitative estimate of drug-likeness (QED) is 0.463. The Balaban J connectivity index is 1.53. The van der Waals surface area contributed by atoms with Gasteiger partial charge in [-0.25, -0.2) is 4.79 Å². The van der Waals surface area contributed by atoms with Crippen LogP contribution in [0.15, 0.2) is 53.7 Å². The highest BCUT2D eigenvalue weighted by Gasteiger charge is 2.27. The van der Waals surface area contributed by atoms with Crippen molar-refractivity contribution in [2.24, 2.45) is 0 Å². The van der Waals surface area contributed by atoms with Crippen molar-refractivity contribution in [3.05, 3.63) is 65.5 Å². The Bertz CT molecular complexity index is 1180. The first-order valence-electron chi connectivity index (χ1n) is 10.5. The third kappa shape index (κ3) is 5.78. The first-order chi connectivity index (χ1) is 15.9. The summed E-state index contributed by atoms with van der Waals surface area (Å²) in [6, 6.07) is 14.5. The van der Waals surface area contributed by atoms with E-state index in [0.29, 0.717) is 17.4 Å². The lowest BCUT2D eigenvalue weighted by atomic mass is 10.1. The lowest BCUT2D eigenvalue weighted by Gasteiger charge is -2.23. The number of hydrogen-bond donors (Lipinski definition) is 3.